The molecule has 0 saturated carbocycles. The first kappa shape index (κ1) is 18.0. The summed E-state index contributed by atoms with van der Waals surface area (Å²) in [4.78, 5) is 13.4. The molecule has 3 N–H and O–H groups in total. The molecule has 1 amide bonds. The number of carbonyl (C=O) groups excluding carboxylic acids is 1. The number of halogens is 3. The summed E-state index contributed by atoms with van der Waals surface area (Å²) in [6.07, 6.45) is 2.20. The number of para-hydroxylation sites is 1. The van der Waals surface area contributed by atoms with E-state index in [9.17, 15) is 9.18 Å². The van der Waals surface area contributed by atoms with Crippen LogP contribution in [0, 0.1) is 5.82 Å². The molecule has 0 spiro atoms. The quantitative estimate of drug-likeness (QED) is 0.899. The summed E-state index contributed by atoms with van der Waals surface area (Å²) >= 11 is 0. The summed E-state index contributed by atoms with van der Waals surface area (Å²) in [6.45, 7) is 1.65. The first-order chi connectivity index (χ1) is 8.22. The smallest absolute Gasteiger partial charge is 0.238 e. The number of carbonyl (C=O) groups is 1. The van der Waals surface area contributed by atoms with Gasteiger partial charge in [0.1, 0.15) is 11.5 Å². The molecule has 0 unspecified atom stereocenters. The molecule has 2 rings (SSSR count). The van der Waals surface area contributed by atoms with E-state index < -0.39 is 5.82 Å². The Bertz CT molecular complexity index is 425. The van der Waals surface area contributed by atoms with E-state index >= 15 is 0 Å². The molecule has 0 atom stereocenters. The van der Waals surface area contributed by atoms with Gasteiger partial charge in [-0.25, -0.2) is 4.39 Å². The zero-order chi connectivity index (χ0) is 12.3. The molecule has 0 bridgehead atoms. The maximum atomic E-state index is 13.7. The van der Waals surface area contributed by atoms with Crippen LogP contribution >= 0.6 is 24.8 Å². The van der Waals surface area contributed by atoms with Crippen LogP contribution in [-0.2, 0) is 4.79 Å². The fourth-order valence-corrected chi connectivity index (χ4v) is 2.05. The van der Waals surface area contributed by atoms with E-state index in [4.69, 9.17) is 5.73 Å². The number of anilines is 2. The number of hydrogen-bond acceptors (Lipinski definition) is 3. The lowest BCUT2D eigenvalue weighted by atomic mass is 10.2. The second-order valence-corrected chi connectivity index (χ2v) is 4.08. The van der Waals surface area contributed by atoms with E-state index in [0.29, 0.717) is 0 Å². The van der Waals surface area contributed by atoms with Crippen LogP contribution in [-0.4, -0.2) is 25.5 Å². The number of hydrogen-bond donors (Lipinski definition) is 2. The van der Waals surface area contributed by atoms with E-state index in [1.165, 1.54) is 6.07 Å². The summed E-state index contributed by atoms with van der Waals surface area (Å²) in [5, 5.41) is 2.52. The molecule has 19 heavy (non-hydrogen) atoms. The second kappa shape index (κ2) is 8.19. The fraction of sp³-hybridized carbons (Fsp3) is 0.417. The molecule has 108 valence electrons. The van der Waals surface area contributed by atoms with Gasteiger partial charge in [0.15, 0.2) is 0 Å². The second-order valence-electron chi connectivity index (χ2n) is 4.08. The molecule has 0 aliphatic carbocycles. The van der Waals surface area contributed by atoms with Gasteiger partial charge in [-0.3, -0.25) is 4.79 Å². The molecule has 1 aliphatic heterocycles. The normalized spacial score (nSPS) is 13.5. The first-order valence-corrected chi connectivity index (χ1v) is 5.75. The monoisotopic (exact) mass is 309 g/mol. The van der Waals surface area contributed by atoms with Crippen molar-refractivity contribution in [3.8, 4) is 0 Å². The van der Waals surface area contributed by atoms with E-state index in [1.54, 1.807) is 6.07 Å². The molecule has 1 aromatic carbocycles. The van der Waals surface area contributed by atoms with Gasteiger partial charge in [0, 0.05) is 13.1 Å². The minimum absolute atomic E-state index is 0. The molecular formula is C12H18Cl2FN3O. The van der Waals surface area contributed by atoms with Gasteiger partial charge in [-0.2, -0.15) is 0 Å². The highest BCUT2D eigenvalue weighted by Gasteiger charge is 2.19. The third kappa shape index (κ3) is 4.23. The highest BCUT2D eigenvalue weighted by molar-refractivity contribution is 5.95. The van der Waals surface area contributed by atoms with E-state index in [1.807, 2.05) is 6.07 Å². The molecular weight excluding hydrogens is 292 g/mol. The van der Waals surface area contributed by atoms with Crippen LogP contribution in [0.4, 0.5) is 15.8 Å². The van der Waals surface area contributed by atoms with Crippen molar-refractivity contribution >= 4 is 42.1 Å². The predicted octanol–water partition coefficient (Wildman–Crippen LogP) is 2.17. The molecule has 4 nitrogen and oxygen atoms in total. The Balaban J connectivity index is 0.00000162. The van der Waals surface area contributed by atoms with Gasteiger partial charge < -0.3 is 16.0 Å². The molecule has 1 aliphatic rings. The largest absolute Gasteiger partial charge is 0.370 e. The standard InChI is InChI=1S/C12H16FN3O.2ClH/c13-9-4-3-5-10(16-6-1-2-7-16)12(9)15-11(17)8-14;;/h3-5H,1-2,6-8,14H2,(H,15,17);2*1H. The van der Waals surface area contributed by atoms with Crippen molar-refractivity contribution in [2.75, 3.05) is 29.9 Å². The Kier molecular flexibility index (Phi) is 7.75. The van der Waals surface area contributed by atoms with Gasteiger partial charge >= 0.3 is 0 Å². The average molecular weight is 310 g/mol. The molecule has 1 aromatic rings. The average Bonchev–Trinajstić information content (AvgIpc) is 2.85. The summed E-state index contributed by atoms with van der Waals surface area (Å²) in [7, 11) is 0. The summed E-state index contributed by atoms with van der Waals surface area (Å²) in [5.74, 6) is -0.799. The SMILES string of the molecule is Cl.Cl.NCC(=O)Nc1c(F)cccc1N1CCCC1. The molecule has 7 heteroatoms. The third-order valence-corrected chi connectivity index (χ3v) is 2.89. The lowest BCUT2D eigenvalue weighted by Gasteiger charge is -2.21. The summed E-state index contributed by atoms with van der Waals surface area (Å²) in [6, 6.07) is 4.81. The van der Waals surface area contributed by atoms with Gasteiger partial charge in [0.25, 0.3) is 0 Å². The Morgan fingerprint density at radius 3 is 2.53 bits per heavy atom. The first-order valence-electron chi connectivity index (χ1n) is 5.75. The number of benzene rings is 1. The maximum Gasteiger partial charge on any atom is 0.238 e. The van der Waals surface area contributed by atoms with Crippen LogP contribution in [0.15, 0.2) is 18.2 Å². The fourth-order valence-electron chi connectivity index (χ4n) is 2.05. The minimum atomic E-state index is -0.420. The van der Waals surface area contributed by atoms with Crippen LogP contribution in [0.25, 0.3) is 0 Å². The highest BCUT2D eigenvalue weighted by atomic mass is 35.5. The lowest BCUT2D eigenvalue weighted by Crippen LogP contribution is -2.25. The van der Waals surface area contributed by atoms with Crippen molar-refractivity contribution in [2.24, 2.45) is 5.73 Å². The zero-order valence-electron chi connectivity index (χ0n) is 10.4. The third-order valence-electron chi connectivity index (χ3n) is 2.89. The Morgan fingerprint density at radius 2 is 1.95 bits per heavy atom. The number of rotatable bonds is 3. The van der Waals surface area contributed by atoms with Crippen molar-refractivity contribution in [1.82, 2.24) is 0 Å². The van der Waals surface area contributed by atoms with Crippen molar-refractivity contribution in [3.05, 3.63) is 24.0 Å². The Labute approximate surface area is 124 Å². The van der Waals surface area contributed by atoms with Crippen molar-refractivity contribution < 1.29 is 9.18 Å². The maximum absolute atomic E-state index is 13.7. The number of nitrogens with one attached hydrogen (secondary N) is 1. The van der Waals surface area contributed by atoms with Gasteiger partial charge in [-0.15, -0.1) is 24.8 Å². The summed E-state index contributed by atoms with van der Waals surface area (Å²) in [5.41, 5.74) is 6.21. The van der Waals surface area contributed by atoms with Crippen molar-refractivity contribution in [2.45, 2.75) is 12.8 Å². The van der Waals surface area contributed by atoms with Crippen molar-refractivity contribution in [3.63, 3.8) is 0 Å². The van der Waals surface area contributed by atoms with Crippen molar-refractivity contribution in [1.29, 1.82) is 0 Å². The van der Waals surface area contributed by atoms with Crippen LogP contribution in [0.3, 0.4) is 0 Å². The van der Waals surface area contributed by atoms with Crippen LogP contribution < -0.4 is 16.0 Å². The molecule has 1 heterocycles. The van der Waals surface area contributed by atoms with Gasteiger partial charge in [-0.05, 0) is 25.0 Å². The molecule has 1 fully saturated rings. The van der Waals surface area contributed by atoms with Crippen LogP contribution in [0.5, 0.6) is 0 Å². The molecule has 0 aromatic heterocycles. The van der Waals surface area contributed by atoms with Gasteiger partial charge in [0.2, 0.25) is 5.91 Å². The van der Waals surface area contributed by atoms with E-state index in [0.717, 1.165) is 31.6 Å². The Morgan fingerprint density at radius 1 is 1.32 bits per heavy atom. The van der Waals surface area contributed by atoms with E-state index in [-0.39, 0.29) is 43.0 Å². The zero-order valence-corrected chi connectivity index (χ0v) is 12.0. The number of nitrogens with two attached hydrogens (primary N) is 1. The molecule has 1 saturated heterocycles. The summed E-state index contributed by atoms with van der Waals surface area (Å²) < 4.78 is 13.7. The van der Waals surface area contributed by atoms with Crippen LogP contribution in [0.1, 0.15) is 12.8 Å². The Hall–Kier alpha value is -1.04. The van der Waals surface area contributed by atoms with Gasteiger partial charge in [-0.1, -0.05) is 6.07 Å². The highest BCUT2D eigenvalue weighted by Crippen LogP contribution is 2.30. The molecule has 0 radical (unpaired) electrons. The topological polar surface area (TPSA) is 58.4 Å². The number of nitrogens with zero attached hydrogens (tertiary/aromatic N) is 1. The number of amides is 1. The van der Waals surface area contributed by atoms with Crippen LogP contribution in [0.2, 0.25) is 0 Å². The van der Waals surface area contributed by atoms with E-state index in [2.05, 4.69) is 10.2 Å². The van der Waals surface area contributed by atoms with Gasteiger partial charge in [0.05, 0.1) is 12.2 Å². The predicted molar refractivity (Wildman–Crippen MR) is 80.0 cm³/mol. The lowest BCUT2D eigenvalue weighted by molar-refractivity contribution is -0.114. The minimum Gasteiger partial charge on any atom is -0.370 e.